The monoisotopic (exact) mass is 393 g/mol. The number of nitrogens with one attached hydrogen (secondary N) is 1. The number of fused-ring (bicyclic) bond motifs is 1. The van der Waals surface area contributed by atoms with Crippen molar-refractivity contribution < 1.29 is 14.7 Å². The topological polar surface area (TPSA) is 107 Å². The molecule has 0 fully saturated rings. The number of amidine groups is 2. The number of amides is 2. The van der Waals surface area contributed by atoms with Gasteiger partial charge in [-0.2, -0.15) is 10.1 Å². The highest BCUT2D eigenvalue weighted by Gasteiger charge is 2.35. The van der Waals surface area contributed by atoms with Crippen LogP contribution in [0, 0.1) is 5.92 Å². The second-order valence-corrected chi connectivity index (χ2v) is 6.80. The summed E-state index contributed by atoms with van der Waals surface area (Å²) in [7, 11) is 0. The largest absolute Gasteiger partial charge is 0.394 e. The molecule has 2 N–H and O–H groups in total. The van der Waals surface area contributed by atoms with Crippen LogP contribution < -0.4 is 5.32 Å². The number of hydrogen-bond acceptors (Lipinski definition) is 7. The Bertz CT molecular complexity index is 811. The van der Waals surface area contributed by atoms with E-state index in [2.05, 4.69) is 20.4 Å². The van der Waals surface area contributed by atoms with Crippen LogP contribution in [-0.2, 0) is 16.1 Å². The molecule has 0 bridgehead atoms. The first kappa shape index (κ1) is 18.6. The van der Waals surface area contributed by atoms with E-state index in [-0.39, 0.29) is 35.9 Å². The maximum atomic E-state index is 12.1. The molecule has 0 aliphatic carbocycles. The van der Waals surface area contributed by atoms with Crippen LogP contribution in [0.2, 0.25) is 5.02 Å². The Labute approximate surface area is 159 Å². The Morgan fingerprint density at radius 3 is 2.92 bits per heavy atom. The van der Waals surface area contributed by atoms with Gasteiger partial charge in [-0.25, -0.2) is 10.0 Å². The van der Waals surface area contributed by atoms with E-state index in [1.807, 2.05) is 18.2 Å². The quantitative estimate of drug-likeness (QED) is 0.746. The zero-order valence-corrected chi connectivity index (χ0v) is 15.2. The molecule has 2 heterocycles. The molecule has 2 amide bonds. The number of aliphatic hydroxyl groups is 1. The fourth-order valence-corrected chi connectivity index (χ4v) is 3.25. The van der Waals surface area contributed by atoms with Crippen LogP contribution >= 0.6 is 23.4 Å². The number of carbonyl (C=O) groups excluding carboxylic acids is 2. The van der Waals surface area contributed by atoms with Gasteiger partial charge in [0, 0.05) is 17.8 Å². The molecule has 1 aromatic rings. The van der Waals surface area contributed by atoms with Gasteiger partial charge < -0.3 is 10.4 Å². The Balaban J connectivity index is 1.54. The zero-order chi connectivity index (χ0) is 18.5. The molecule has 1 unspecified atom stereocenters. The fourth-order valence-electron chi connectivity index (χ4n) is 2.37. The molecule has 0 saturated heterocycles. The number of thioether (sulfide) groups is 1. The molecule has 1 atom stereocenters. The van der Waals surface area contributed by atoms with Gasteiger partial charge in [0.15, 0.2) is 5.17 Å². The highest BCUT2D eigenvalue weighted by atomic mass is 35.5. The Morgan fingerprint density at radius 2 is 2.15 bits per heavy atom. The number of hydrogen-bond donors (Lipinski definition) is 2. The van der Waals surface area contributed by atoms with Crippen LogP contribution in [0.15, 0.2) is 39.4 Å². The third-order valence-corrected chi connectivity index (χ3v) is 4.87. The number of hydrazone groups is 1. The SMILES string of the molecule is O=C(CSC1=NC(=O)C2C=NN(CCO)C2=N1)NCc1ccccc1Cl. The molecule has 0 saturated carbocycles. The van der Waals surface area contributed by atoms with Gasteiger partial charge in [0.25, 0.3) is 5.91 Å². The molecule has 10 heteroatoms. The van der Waals surface area contributed by atoms with Crippen molar-refractivity contribution in [2.75, 3.05) is 18.9 Å². The first-order valence-corrected chi connectivity index (χ1v) is 9.21. The third-order valence-electron chi connectivity index (χ3n) is 3.66. The van der Waals surface area contributed by atoms with Crippen LogP contribution in [0.3, 0.4) is 0 Å². The summed E-state index contributed by atoms with van der Waals surface area (Å²) >= 11 is 7.12. The maximum absolute atomic E-state index is 12.1. The summed E-state index contributed by atoms with van der Waals surface area (Å²) in [5, 5.41) is 18.1. The molecule has 136 valence electrons. The average molecular weight is 394 g/mol. The van der Waals surface area contributed by atoms with Gasteiger partial charge in [-0.15, -0.1) is 0 Å². The second kappa shape index (κ2) is 8.43. The first-order chi connectivity index (χ1) is 12.6. The molecule has 8 nitrogen and oxygen atoms in total. The van der Waals surface area contributed by atoms with Crippen molar-refractivity contribution in [1.82, 2.24) is 10.3 Å². The van der Waals surface area contributed by atoms with Crippen molar-refractivity contribution >= 4 is 52.4 Å². The van der Waals surface area contributed by atoms with E-state index >= 15 is 0 Å². The summed E-state index contributed by atoms with van der Waals surface area (Å²) in [5.74, 6) is -0.711. The molecule has 0 spiro atoms. The highest BCUT2D eigenvalue weighted by Crippen LogP contribution is 2.21. The molecule has 2 aliphatic heterocycles. The molecule has 2 aliphatic rings. The lowest BCUT2D eigenvalue weighted by atomic mass is 10.1. The summed E-state index contributed by atoms with van der Waals surface area (Å²) in [6, 6.07) is 7.26. The summed E-state index contributed by atoms with van der Waals surface area (Å²) < 4.78 is 0. The fraction of sp³-hybridized carbons (Fsp3) is 0.312. The van der Waals surface area contributed by atoms with Crippen molar-refractivity contribution in [2.24, 2.45) is 21.0 Å². The smallest absolute Gasteiger partial charge is 0.264 e. The minimum atomic E-state index is -0.611. The Kier molecular flexibility index (Phi) is 6.02. The number of aliphatic imine (C=N–C) groups is 2. The number of carbonyl (C=O) groups is 2. The van der Waals surface area contributed by atoms with Gasteiger partial charge in [-0.1, -0.05) is 41.6 Å². The molecule has 0 radical (unpaired) electrons. The lowest BCUT2D eigenvalue weighted by molar-refractivity contribution is -0.119. The van der Waals surface area contributed by atoms with Gasteiger partial charge in [-0.05, 0) is 11.6 Å². The third kappa shape index (κ3) is 4.29. The first-order valence-electron chi connectivity index (χ1n) is 7.85. The second-order valence-electron chi connectivity index (χ2n) is 5.45. The molecule has 1 aromatic carbocycles. The predicted molar refractivity (Wildman–Crippen MR) is 101 cm³/mol. The predicted octanol–water partition coefficient (Wildman–Crippen LogP) is 0.894. The summed E-state index contributed by atoms with van der Waals surface area (Å²) in [4.78, 5) is 32.3. The molecule has 0 aromatic heterocycles. The molecule has 3 rings (SSSR count). The van der Waals surface area contributed by atoms with Crippen molar-refractivity contribution in [3.05, 3.63) is 34.9 Å². The van der Waals surface area contributed by atoms with E-state index in [1.54, 1.807) is 6.07 Å². The highest BCUT2D eigenvalue weighted by molar-refractivity contribution is 8.14. The summed E-state index contributed by atoms with van der Waals surface area (Å²) in [6.07, 6.45) is 1.46. The van der Waals surface area contributed by atoms with Gasteiger partial charge in [0.1, 0.15) is 11.8 Å². The van der Waals surface area contributed by atoms with Gasteiger partial charge in [0.05, 0.1) is 18.9 Å². The number of aliphatic hydroxyl groups excluding tert-OH is 1. The van der Waals surface area contributed by atoms with Crippen LogP contribution in [0.1, 0.15) is 5.56 Å². The standard InChI is InChI=1S/C16H16ClN5O3S/c17-12-4-2-1-3-10(12)7-18-13(24)9-26-16-20-14-11(15(25)21-16)8-19-22(14)5-6-23/h1-4,8,11,23H,5-7,9H2,(H,18,24). The maximum Gasteiger partial charge on any atom is 0.264 e. The van der Waals surface area contributed by atoms with Gasteiger partial charge in [0.2, 0.25) is 5.91 Å². The normalized spacial score (nSPS) is 18.5. The number of benzene rings is 1. The van der Waals surface area contributed by atoms with Crippen molar-refractivity contribution in [3.63, 3.8) is 0 Å². The summed E-state index contributed by atoms with van der Waals surface area (Å²) in [5.41, 5.74) is 0.823. The lowest BCUT2D eigenvalue weighted by Crippen LogP contribution is -2.35. The van der Waals surface area contributed by atoms with Crippen molar-refractivity contribution in [1.29, 1.82) is 0 Å². The molecule has 26 heavy (non-hydrogen) atoms. The Morgan fingerprint density at radius 1 is 1.35 bits per heavy atom. The summed E-state index contributed by atoms with van der Waals surface area (Å²) in [6.45, 7) is 0.454. The number of halogens is 1. The minimum Gasteiger partial charge on any atom is -0.394 e. The van der Waals surface area contributed by atoms with Gasteiger partial charge >= 0.3 is 0 Å². The van der Waals surface area contributed by atoms with E-state index < -0.39 is 5.92 Å². The Hall–Kier alpha value is -2.23. The van der Waals surface area contributed by atoms with E-state index in [4.69, 9.17) is 16.7 Å². The van der Waals surface area contributed by atoms with Crippen LogP contribution in [0.5, 0.6) is 0 Å². The molecular formula is C16H16ClN5O3S. The van der Waals surface area contributed by atoms with E-state index in [9.17, 15) is 9.59 Å². The van der Waals surface area contributed by atoms with E-state index in [0.29, 0.717) is 17.4 Å². The lowest BCUT2D eigenvalue weighted by Gasteiger charge is -2.19. The van der Waals surface area contributed by atoms with Crippen LogP contribution in [0.4, 0.5) is 0 Å². The van der Waals surface area contributed by atoms with E-state index in [0.717, 1.165) is 17.3 Å². The molecular weight excluding hydrogens is 378 g/mol. The van der Waals surface area contributed by atoms with Crippen LogP contribution in [0.25, 0.3) is 0 Å². The van der Waals surface area contributed by atoms with Crippen molar-refractivity contribution in [2.45, 2.75) is 6.54 Å². The number of rotatable bonds is 6. The van der Waals surface area contributed by atoms with E-state index in [1.165, 1.54) is 11.2 Å². The van der Waals surface area contributed by atoms with Crippen LogP contribution in [-0.4, -0.2) is 58.1 Å². The van der Waals surface area contributed by atoms with Crippen molar-refractivity contribution in [3.8, 4) is 0 Å². The number of β-amino-alcohol motifs (C(OH)–C–C–N with tert-alkyl or cyclic N) is 1. The van der Waals surface area contributed by atoms with Gasteiger partial charge in [-0.3, -0.25) is 9.59 Å². The number of nitrogens with zero attached hydrogens (tertiary/aromatic N) is 4. The zero-order valence-electron chi connectivity index (χ0n) is 13.6. The average Bonchev–Trinajstić information content (AvgIpc) is 3.03. The minimum absolute atomic E-state index is 0.0683.